The average molecular weight is 491 g/mol. The number of thioether (sulfide) groups is 1. The summed E-state index contributed by atoms with van der Waals surface area (Å²) in [6.45, 7) is 3.31. The fourth-order valence-electron chi connectivity index (χ4n) is 2.97. The highest BCUT2D eigenvalue weighted by molar-refractivity contribution is 8.00. The molecule has 9 nitrogen and oxygen atoms in total. The summed E-state index contributed by atoms with van der Waals surface area (Å²) in [5, 5.41) is 8.76. The molecule has 2 aromatic carbocycles. The Labute approximate surface area is 197 Å². The number of ether oxygens (including phenoxy) is 2. The van der Waals surface area contributed by atoms with E-state index in [-0.39, 0.29) is 15.9 Å². The van der Waals surface area contributed by atoms with Crippen molar-refractivity contribution in [1.82, 2.24) is 19.1 Å². The molecule has 1 heterocycles. The molecule has 11 heteroatoms. The highest BCUT2D eigenvalue weighted by Crippen LogP contribution is 2.36. The lowest BCUT2D eigenvalue weighted by Gasteiger charge is -2.17. The first-order valence-corrected chi connectivity index (χ1v) is 12.3. The van der Waals surface area contributed by atoms with Gasteiger partial charge in [-0.1, -0.05) is 23.9 Å². The Hall–Kier alpha value is -2.89. The normalized spacial score (nSPS) is 12.6. The van der Waals surface area contributed by atoms with Gasteiger partial charge in [0.2, 0.25) is 10.0 Å². The second kappa shape index (κ2) is 9.94. The zero-order valence-corrected chi connectivity index (χ0v) is 20.9. The maximum atomic E-state index is 12.7. The molecule has 0 N–H and O–H groups in total. The maximum absolute atomic E-state index is 12.7. The van der Waals surface area contributed by atoms with Crippen molar-refractivity contribution in [2.75, 3.05) is 28.3 Å². The van der Waals surface area contributed by atoms with Gasteiger partial charge >= 0.3 is 0 Å². The Morgan fingerprint density at radius 3 is 2.42 bits per heavy atom. The molecule has 3 rings (SSSR count). The third kappa shape index (κ3) is 5.05. The summed E-state index contributed by atoms with van der Waals surface area (Å²) in [5.74, 6) is 1.51. The van der Waals surface area contributed by atoms with Crippen LogP contribution in [0.15, 0.2) is 52.5 Å². The SMILES string of the molecule is COc1ccc(OC)c(-n2c(S[C@@H](C)C(C)=O)nnc2-c2cccc(S(=O)(=O)N(C)C)c2)c1. The number of methoxy groups -OCH3 is 2. The van der Waals surface area contributed by atoms with Crippen LogP contribution >= 0.6 is 11.8 Å². The molecule has 0 aliphatic heterocycles. The van der Waals surface area contributed by atoms with Gasteiger partial charge in [-0.2, -0.15) is 0 Å². The Balaban J connectivity index is 2.27. The number of sulfonamides is 1. The summed E-state index contributed by atoms with van der Waals surface area (Å²) in [6, 6.07) is 11.8. The number of nitrogens with zero attached hydrogens (tertiary/aromatic N) is 4. The molecule has 0 radical (unpaired) electrons. The number of hydrogen-bond donors (Lipinski definition) is 0. The van der Waals surface area contributed by atoms with E-state index in [1.807, 2.05) is 0 Å². The number of aromatic nitrogens is 3. The summed E-state index contributed by atoms with van der Waals surface area (Å²) in [6.07, 6.45) is 0. The molecule has 0 aliphatic carbocycles. The second-order valence-corrected chi connectivity index (χ2v) is 10.8. The highest BCUT2D eigenvalue weighted by atomic mass is 32.2. The minimum absolute atomic E-state index is 0.00668. The van der Waals surface area contributed by atoms with Gasteiger partial charge in [-0.05, 0) is 38.1 Å². The summed E-state index contributed by atoms with van der Waals surface area (Å²) in [7, 11) is 2.40. The van der Waals surface area contributed by atoms with Gasteiger partial charge in [0, 0.05) is 25.7 Å². The van der Waals surface area contributed by atoms with Gasteiger partial charge in [0.1, 0.15) is 17.3 Å². The summed E-state index contributed by atoms with van der Waals surface area (Å²) in [4.78, 5) is 12.0. The third-order valence-electron chi connectivity index (χ3n) is 4.99. The molecule has 33 heavy (non-hydrogen) atoms. The molecule has 0 aliphatic rings. The van der Waals surface area contributed by atoms with Crippen molar-refractivity contribution in [3.63, 3.8) is 0 Å². The molecule has 1 atom stereocenters. The minimum Gasteiger partial charge on any atom is -0.497 e. The van der Waals surface area contributed by atoms with Crippen LogP contribution in [0, 0.1) is 0 Å². The zero-order valence-electron chi connectivity index (χ0n) is 19.3. The van der Waals surface area contributed by atoms with Gasteiger partial charge in [0.25, 0.3) is 0 Å². The predicted molar refractivity (Wildman–Crippen MR) is 127 cm³/mol. The number of carbonyl (C=O) groups excluding carboxylic acids is 1. The highest BCUT2D eigenvalue weighted by Gasteiger charge is 2.24. The second-order valence-electron chi connectivity index (χ2n) is 7.37. The Kier molecular flexibility index (Phi) is 7.45. The molecule has 0 amide bonds. The lowest BCUT2D eigenvalue weighted by molar-refractivity contribution is -0.116. The third-order valence-corrected chi connectivity index (χ3v) is 7.96. The van der Waals surface area contributed by atoms with Gasteiger partial charge in [0.05, 0.1) is 30.1 Å². The lowest BCUT2D eigenvalue weighted by Crippen LogP contribution is -2.22. The van der Waals surface area contributed by atoms with Gasteiger partial charge < -0.3 is 9.47 Å². The zero-order chi connectivity index (χ0) is 24.3. The molecule has 0 saturated heterocycles. The Morgan fingerprint density at radius 1 is 1.09 bits per heavy atom. The van der Waals surface area contributed by atoms with Gasteiger partial charge in [-0.25, -0.2) is 12.7 Å². The number of ketones is 1. The van der Waals surface area contributed by atoms with Crippen molar-refractivity contribution in [3.8, 4) is 28.6 Å². The number of Topliss-reactive ketones (excluding diaryl/α,β-unsaturated/α-hetero) is 1. The molecule has 0 fully saturated rings. The largest absolute Gasteiger partial charge is 0.497 e. The monoisotopic (exact) mass is 490 g/mol. The van der Waals surface area contributed by atoms with E-state index >= 15 is 0 Å². The van der Waals surface area contributed by atoms with E-state index in [9.17, 15) is 13.2 Å². The first-order valence-electron chi connectivity index (χ1n) is 9.98. The minimum atomic E-state index is -3.65. The Morgan fingerprint density at radius 2 is 1.82 bits per heavy atom. The van der Waals surface area contributed by atoms with E-state index in [1.54, 1.807) is 62.1 Å². The van der Waals surface area contributed by atoms with Crippen LogP contribution in [0.3, 0.4) is 0 Å². The van der Waals surface area contributed by atoms with E-state index in [2.05, 4.69) is 10.2 Å². The standard InChI is InChI=1S/C22H26N4O5S2/c1-14(27)15(2)32-22-24-23-21(16-8-7-9-18(12-16)33(28,29)25(3)4)26(22)19-13-17(30-5)10-11-20(19)31-6/h7-13,15H,1-6H3/t15-/m0/s1. The topological polar surface area (TPSA) is 104 Å². The van der Waals surface area contributed by atoms with Crippen LogP contribution in [0.25, 0.3) is 17.1 Å². The van der Waals surface area contributed by atoms with Crippen LogP contribution in [0.4, 0.5) is 0 Å². The van der Waals surface area contributed by atoms with Gasteiger partial charge in [0.15, 0.2) is 11.0 Å². The lowest BCUT2D eigenvalue weighted by atomic mass is 10.2. The van der Waals surface area contributed by atoms with Crippen molar-refractivity contribution < 1.29 is 22.7 Å². The van der Waals surface area contributed by atoms with E-state index in [1.165, 1.54) is 38.8 Å². The molecular formula is C22H26N4O5S2. The van der Waals surface area contributed by atoms with Crippen LogP contribution in [0.5, 0.6) is 11.5 Å². The van der Waals surface area contributed by atoms with Crippen molar-refractivity contribution >= 4 is 27.6 Å². The molecule has 0 saturated carbocycles. The maximum Gasteiger partial charge on any atom is 0.242 e. The van der Waals surface area contributed by atoms with Crippen molar-refractivity contribution in [3.05, 3.63) is 42.5 Å². The first kappa shape index (κ1) is 24.7. The number of rotatable bonds is 9. The quantitative estimate of drug-likeness (QED) is 0.421. The number of benzene rings is 2. The van der Waals surface area contributed by atoms with Crippen LogP contribution in [-0.2, 0) is 14.8 Å². The van der Waals surface area contributed by atoms with Crippen LogP contribution in [-0.4, -0.2) is 66.8 Å². The molecular weight excluding hydrogens is 464 g/mol. The number of hydrogen-bond acceptors (Lipinski definition) is 8. The first-order chi connectivity index (χ1) is 15.6. The van der Waals surface area contributed by atoms with E-state index in [0.717, 1.165) is 4.31 Å². The molecule has 0 unspecified atom stereocenters. The van der Waals surface area contributed by atoms with Crippen molar-refractivity contribution in [2.24, 2.45) is 0 Å². The van der Waals surface area contributed by atoms with Crippen LogP contribution in [0.1, 0.15) is 13.8 Å². The predicted octanol–water partition coefficient (Wildman–Crippen LogP) is 3.27. The fraction of sp³-hybridized carbons (Fsp3) is 0.318. The van der Waals surface area contributed by atoms with E-state index in [0.29, 0.717) is 33.7 Å². The molecule has 1 aromatic heterocycles. The summed E-state index contributed by atoms with van der Waals surface area (Å²) >= 11 is 1.25. The van der Waals surface area contributed by atoms with Gasteiger partial charge in [-0.15, -0.1) is 10.2 Å². The van der Waals surface area contributed by atoms with E-state index < -0.39 is 10.0 Å². The average Bonchev–Trinajstić information content (AvgIpc) is 3.21. The van der Waals surface area contributed by atoms with Crippen LogP contribution < -0.4 is 9.47 Å². The van der Waals surface area contributed by atoms with Crippen molar-refractivity contribution in [2.45, 2.75) is 29.1 Å². The van der Waals surface area contributed by atoms with Crippen molar-refractivity contribution in [1.29, 1.82) is 0 Å². The summed E-state index contributed by atoms with van der Waals surface area (Å²) < 4.78 is 39.2. The molecule has 0 bridgehead atoms. The van der Waals surface area contributed by atoms with Gasteiger partial charge in [-0.3, -0.25) is 9.36 Å². The molecule has 176 valence electrons. The number of carbonyl (C=O) groups is 1. The van der Waals surface area contributed by atoms with E-state index in [4.69, 9.17) is 9.47 Å². The molecule has 0 spiro atoms. The Bertz CT molecular complexity index is 1270. The molecule has 3 aromatic rings. The van der Waals surface area contributed by atoms with Crippen LogP contribution in [0.2, 0.25) is 0 Å². The summed E-state index contributed by atoms with van der Waals surface area (Å²) in [5.41, 5.74) is 1.13. The smallest absolute Gasteiger partial charge is 0.242 e. The fourth-order valence-corrected chi connectivity index (χ4v) is 4.78.